The van der Waals surface area contributed by atoms with Crippen LogP contribution in [0.1, 0.15) is 30.5 Å². The van der Waals surface area contributed by atoms with Crippen LogP contribution in [0.3, 0.4) is 0 Å². The van der Waals surface area contributed by atoms with E-state index in [-0.39, 0.29) is 0 Å². The number of hydrogen-bond donors (Lipinski definition) is 0. The molecule has 1 nitrogen and oxygen atoms in total. The van der Waals surface area contributed by atoms with Crippen molar-refractivity contribution < 1.29 is 0 Å². The molecule has 0 unspecified atom stereocenters. The average molecular weight is 184 g/mol. The van der Waals surface area contributed by atoms with E-state index in [1.54, 1.807) is 0 Å². The zero-order valence-corrected chi connectivity index (χ0v) is 8.67. The fraction of sp³-hybridized carbons (Fsp3) is 0.231. The second-order valence-corrected chi connectivity index (χ2v) is 3.18. The van der Waals surface area contributed by atoms with Crippen LogP contribution in [0.5, 0.6) is 0 Å². The molecule has 0 saturated carbocycles. The van der Waals surface area contributed by atoms with E-state index in [1.807, 2.05) is 31.2 Å². The maximum absolute atomic E-state index is 8.94. The van der Waals surface area contributed by atoms with Crippen LogP contribution in [-0.4, -0.2) is 0 Å². The predicted octanol–water partition coefficient (Wildman–Crippen LogP) is 3.25. The first kappa shape index (κ1) is 10.5. The molecule has 1 rings (SSSR count). The minimum Gasteiger partial charge on any atom is -0.192 e. The number of allylic oxidation sites excluding steroid dienone is 1. The summed E-state index contributed by atoms with van der Waals surface area (Å²) in [5.41, 5.74) is 3.03. The summed E-state index contributed by atoms with van der Waals surface area (Å²) < 4.78 is 0. The maximum Gasteiger partial charge on any atom is 0.0994 e. The van der Waals surface area contributed by atoms with Crippen molar-refractivity contribution in [3.63, 3.8) is 0 Å². The first-order valence-electron chi connectivity index (χ1n) is 4.73. The molecule has 0 fully saturated rings. The summed E-state index contributed by atoms with van der Waals surface area (Å²) in [6.07, 6.45) is 2.71. The molecule has 0 spiro atoms. The number of rotatable bonds is 3. The van der Waals surface area contributed by atoms with E-state index in [9.17, 15) is 0 Å². The highest BCUT2D eigenvalue weighted by Gasteiger charge is 2.10. The van der Waals surface area contributed by atoms with Crippen molar-refractivity contribution in [3.05, 3.63) is 53.5 Å². The van der Waals surface area contributed by atoms with Crippen molar-refractivity contribution in [1.82, 2.24) is 0 Å². The molecule has 1 heteroatoms. The van der Waals surface area contributed by atoms with Gasteiger partial charge in [-0.3, -0.25) is 0 Å². The van der Waals surface area contributed by atoms with Crippen LogP contribution in [0.2, 0.25) is 0 Å². The van der Waals surface area contributed by atoms with E-state index in [2.05, 4.69) is 19.6 Å². The van der Waals surface area contributed by atoms with E-state index in [0.29, 0.717) is 0 Å². The summed E-state index contributed by atoms with van der Waals surface area (Å²) >= 11 is 0. The molecule has 1 aromatic carbocycles. The number of nitriles is 1. The van der Waals surface area contributed by atoms with E-state index in [4.69, 9.17) is 5.26 Å². The quantitative estimate of drug-likeness (QED) is 0.707. The maximum atomic E-state index is 8.94. The molecule has 0 atom stereocenters. The van der Waals surface area contributed by atoms with Gasteiger partial charge < -0.3 is 0 Å². The summed E-state index contributed by atoms with van der Waals surface area (Å²) in [7, 11) is 0. The SMILES string of the molecule is C=C[C](C)c1cccc(C#N)c1CC. The van der Waals surface area contributed by atoms with Crippen LogP contribution >= 0.6 is 0 Å². The predicted molar refractivity (Wildman–Crippen MR) is 58.8 cm³/mol. The molecule has 0 heterocycles. The Hall–Kier alpha value is -1.55. The lowest BCUT2D eigenvalue weighted by molar-refractivity contribution is 1.07. The molecular weight excluding hydrogens is 170 g/mol. The molecule has 1 aromatic rings. The van der Waals surface area contributed by atoms with E-state index in [1.165, 1.54) is 0 Å². The summed E-state index contributed by atoms with van der Waals surface area (Å²) in [6, 6.07) is 8.03. The Bertz CT molecular complexity index is 371. The molecular formula is C13H14N. The van der Waals surface area contributed by atoms with E-state index >= 15 is 0 Å². The molecule has 0 aliphatic heterocycles. The van der Waals surface area contributed by atoms with Crippen molar-refractivity contribution in [3.8, 4) is 6.07 Å². The second kappa shape index (κ2) is 4.62. The highest BCUT2D eigenvalue weighted by Crippen LogP contribution is 2.23. The molecule has 1 radical (unpaired) electrons. The Morgan fingerprint density at radius 1 is 1.57 bits per heavy atom. The van der Waals surface area contributed by atoms with Crippen LogP contribution in [0.15, 0.2) is 30.9 Å². The first-order chi connectivity index (χ1) is 6.74. The van der Waals surface area contributed by atoms with Gasteiger partial charge in [0.05, 0.1) is 11.6 Å². The third kappa shape index (κ3) is 1.85. The van der Waals surface area contributed by atoms with Crippen molar-refractivity contribution >= 4 is 0 Å². The molecule has 14 heavy (non-hydrogen) atoms. The van der Waals surface area contributed by atoms with Gasteiger partial charge in [-0.05, 0) is 23.6 Å². The Labute approximate surface area is 85.7 Å². The van der Waals surface area contributed by atoms with Crippen LogP contribution in [0.4, 0.5) is 0 Å². The summed E-state index contributed by atoms with van der Waals surface area (Å²) in [4.78, 5) is 0. The zero-order chi connectivity index (χ0) is 10.6. The summed E-state index contributed by atoms with van der Waals surface area (Å²) in [5, 5.41) is 8.94. The molecule has 71 valence electrons. The molecule has 0 aromatic heterocycles. The van der Waals surface area contributed by atoms with Gasteiger partial charge in [-0.1, -0.05) is 32.1 Å². The highest BCUT2D eigenvalue weighted by molar-refractivity contribution is 5.50. The number of hydrogen-bond acceptors (Lipinski definition) is 1. The second-order valence-electron chi connectivity index (χ2n) is 3.18. The Kier molecular flexibility index (Phi) is 3.48. The van der Waals surface area contributed by atoms with E-state index < -0.39 is 0 Å². The Morgan fingerprint density at radius 2 is 2.29 bits per heavy atom. The van der Waals surface area contributed by atoms with Gasteiger partial charge >= 0.3 is 0 Å². The molecule has 0 aliphatic rings. The van der Waals surface area contributed by atoms with Crippen LogP contribution in [-0.2, 0) is 6.42 Å². The first-order valence-corrected chi connectivity index (χ1v) is 4.73. The molecule has 0 aliphatic carbocycles. The summed E-state index contributed by atoms with van der Waals surface area (Å²) in [6.45, 7) is 7.83. The smallest absolute Gasteiger partial charge is 0.0994 e. The lowest BCUT2D eigenvalue weighted by Gasteiger charge is -2.12. The van der Waals surface area contributed by atoms with Crippen LogP contribution < -0.4 is 0 Å². The number of nitrogens with zero attached hydrogens (tertiary/aromatic N) is 1. The molecule has 0 bridgehead atoms. The minimum absolute atomic E-state index is 0.770. The highest BCUT2D eigenvalue weighted by atomic mass is 14.3. The lowest BCUT2D eigenvalue weighted by Crippen LogP contribution is -1.99. The largest absolute Gasteiger partial charge is 0.192 e. The Balaban J connectivity index is 3.30. The van der Waals surface area contributed by atoms with Crippen molar-refractivity contribution in [2.24, 2.45) is 0 Å². The van der Waals surface area contributed by atoms with Gasteiger partial charge in [0.15, 0.2) is 0 Å². The van der Waals surface area contributed by atoms with Gasteiger partial charge in [0.2, 0.25) is 0 Å². The van der Waals surface area contributed by atoms with Gasteiger partial charge in [-0.2, -0.15) is 5.26 Å². The number of benzene rings is 1. The van der Waals surface area contributed by atoms with Crippen LogP contribution in [0, 0.1) is 17.2 Å². The molecule has 0 amide bonds. The standard InChI is InChI=1S/C13H14N/c1-4-10(3)13-8-6-7-11(9-14)12(13)5-2/h4,6-8H,1,5H2,2-3H3. The molecule has 0 N–H and O–H groups in total. The normalized spacial score (nSPS) is 9.86. The fourth-order valence-electron chi connectivity index (χ4n) is 1.55. The zero-order valence-electron chi connectivity index (χ0n) is 8.67. The monoisotopic (exact) mass is 184 g/mol. The third-order valence-electron chi connectivity index (χ3n) is 2.38. The fourth-order valence-corrected chi connectivity index (χ4v) is 1.55. The van der Waals surface area contributed by atoms with Gasteiger partial charge in [0.25, 0.3) is 0 Å². The van der Waals surface area contributed by atoms with Gasteiger partial charge in [-0.15, -0.1) is 6.58 Å². The van der Waals surface area contributed by atoms with Crippen molar-refractivity contribution in [2.75, 3.05) is 0 Å². The van der Waals surface area contributed by atoms with Crippen LogP contribution in [0.25, 0.3) is 0 Å². The topological polar surface area (TPSA) is 23.8 Å². The summed E-state index contributed by atoms with van der Waals surface area (Å²) in [5.74, 6) is 1.12. The minimum atomic E-state index is 0.770. The van der Waals surface area contributed by atoms with Crippen molar-refractivity contribution in [1.29, 1.82) is 5.26 Å². The van der Waals surface area contributed by atoms with Gasteiger partial charge in [0, 0.05) is 5.92 Å². The molecule has 0 saturated heterocycles. The van der Waals surface area contributed by atoms with E-state index in [0.717, 1.165) is 29.0 Å². The van der Waals surface area contributed by atoms with Crippen molar-refractivity contribution in [2.45, 2.75) is 20.3 Å². The third-order valence-corrected chi connectivity index (χ3v) is 2.38. The lowest BCUT2D eigenvalue weighted by atomic mass is 9.91. The van der Waals surface area contributed by atoms with Gasteiger partial charge in [0.1, 0.15) is 0 Å². The Morgan fingerprint density at radius 3 is 2.79 bits per heavy atom. The average Bonchev–Trinajstić information content (AvgIpc) is 2.26. The van der Waals surface area contributed by atoms with Gasteiger partial charge in [-0.25, -0.2) is 0 Å².